The van der Waals surface area contributed by atoms with E-state index in [0.717, 1.165) is 35.7 Å². The molecule has 2 atom stereocenters. The summed E-state index contributed by atoms with van der Waals surface area (Å²) < 4.78 is 11.5. The summed E-state index contributed by atoms with van der Waals surface area (Å²) in [6.07, 6.45) is 6.95. The Morgan fingerprint density at radius 3 is 2.70 bits per heavy atom. The van der Waals surface area contributed by atoms with Crippen molar-refractivity contribution < 1.29 is 14.3 Å². The fourth-order valence-corrected chi connectivity index (χ4v) is 4.13. The van der Waals surface area contributed by atoms with Gasteiger partial charge in [0.2, 0.25) is 5.88 Å². The molecular formula is C26H30N4O3. The van der Waals surface area contributed by atoms with Crippen LogP contribution in [0.4, 0.5) is 11.6 Å². The van der Waals surface area contributed by atoms with Gasteiger partial charge in [0.05, 0.1) is 16.6 Å². The van der Waals surface area contributed by atoms with Crippen molar-refractivity contribution in [2.75, 3.05) is 5.32 Å². The lowest BCUT2D eigenvalue weighted by Gasteiger charge is -2.36. The first-order valence-corrected chi connectivity index (χ1v) is 11.7. The maximum Gasteiger partial charge on any atom is 0.340 e. The van der Waals surface area contributed by atoms with E-state index in [0.29, 0.717) is 29.0 Å². The molecule has 0 bridgehead atoms. The van der Waals surface area contributed by atoms with Crippen molar-refractivity contribution in [1.29, 1.82) is 0 Å². The first-order valence-electron chi connectivity index (χ1n) is 11.7. The summed E-state index contributed by atoms with van der Waals surface area (Å²) in [5, 5.41) is 5.35. The second-order valence-corrected chi connectivity index (χ2v) is 9.75. The number of hydrogen-bond acceptors (Lipinski definition) is 7. The Morgan fingerprint density at radius 1 is 1.18 bits per heavy atom. The molecule has 0 radical (unpaired) electrons. The minimum Gasteiger partial charge on any atom is -0.474 e. The van der Waals surface area contributed by atoms with Crippen LogP contribution in [0, 0.1) is 0 Å². The van der Waals surface area contributed by atoms with E-state index in [-0.39, 0.29) is 23.6 Å². The molecule has 7 heteroatoms. The number of esters is 1. The van der Waals surface area contributed by atoms with Gasteiger partial charge in [-0.15, -0.1) is 0 Å². The molecule has 4 heterocycles. The lowest BCUT2D eigenvalue weighted by molar-refractivity contribution is 0.00864. The number of nitrogens with zero attached hydrogens (tertiary/aromatic N) is 3. The van der Waals surface area contributed by atoms with Crippen LogP contribution in [0.3, 0.4) is 0 Å². The number of fused-ring (bicyclic) bond motifs is 2. The molecule has 1 N–H and O–H groups in total. The van der Waals surface area contributed by atoms with E-state index in [2.05, 4.69) is 29.1 Å². The van der Waals surface area contributed by atoms with Gasteiger partial charge in [-0.2, -0.15) is 0 Å². The zero-order valence-electron chi connectivity index (χ0n) is 19.8. The highest BCUT2D eigenvalue weighted by molar-refractivity contribution is 5.93. The predicted molar refractivity (Wildman–Crippen MR) is 127 cm³/mol. The Bertz CT molecular complexity index is 1240. The van der Waals surface area contributed by atoms with Gasteiger partial charge < -0.3 is 14.8 Å². The van der Waals surface area contributed by atoms with Crippen molar-refractivity contribution in [3.8, 4) is 5.88 Å². The molecule has 1 fully saturated rings. The highest BCUT2D eigenvalue weighted by Crippen LogP contribution is 2.38. The maximum atomic E-state index is 12.3. The molecule has 0 amide bonds. The number of carbonyl (C=O) groups is 1. The van der Waals surface area contributed by atoms with E-state index < -0.39 is 0 Å². The number of pyridine rings is 3. The molecule has 0 spiro atoms. The predicted octanol–water partition coefficient (Wildman–Crippen LogP) is 5.66. The first kappa shape index (κ1) is 21.6. The van der Waals surface area contributed by atoms with Crippen LogP contribution in [0.2, 0.25) is 0 Å². The summed E-state index contributed by atoms with van der Waals surface area (Å²) in [4.78, 5) is 26.4. The first-order chi connectivity index (χ1) is 15.8. The average Bonchev–Trinajstić information content (AvgIpc) is 3.61. The lowest BCUT2D eigenvalue weighted by Crippen LogP contribution is -2.42. The van der Waals surface area contributed by atoms with Crippen LogP contribution in [-0.4, -0.2) is 33.1 Å². The van der Waals surface area contributed by atoms with Gasteiger partial charge >= 0.3 is 5.97 Å². The number of anilines is 2. The largest absolute Gasteiger partial charge is 0.474 e. The third-order valence-corrected chi connectivity index (χ3v) is 6.99. The third-order valence-electron chi connectivity index (χ3n) is 6.99. The summed E-state index contributed by atoms with van der Waals surface area (Å²) >= 11 is 0. The van der Waals surface area contributed by atoms with E-state index in [1.807, 2.05) is 39.2 Å². The highest BCUT2D eigenvalue weighted by Gasteiger charge is 2.41. The molecule has 3 aromatic rings. The van der Waals surface area contributed by atoms with Crippen LogP contribution in [0.1, 0.15) is 81.4 Å². The molecule has 3 aromatic heterocycles. The fraction of sp³-hybridized carbons (Fsp3) is 0.462. The molecule has 1 aliphatic carbocycles. The Hall–Kier alpha value is -3.22. The number of rotatable bonds is 6. The van der Waals surface area contributed by atoms with Gasteiger partial charge in [0, 0.05) is 17.8 Å². The molecule has 1 saturated carbocycles. The van der Waals surface area contributed by atoms with Crippen LogP contribution in [0.5, 0.6) is 5.88 Å². The number of nitrogens with one attached hydrogen (secondary N) is 1. The van der Waals surface area contributed by atoms with E-state index in [1.165, 1.54) is 5.56 Å². The van der Waals surface area contributed by atoms with E-state index in [1.54, 1.807) is 12.1 Å². The van der Waals surface area contributed by atoms with Crippen molar-refractivity contribution in [3.63, 3.8) is 0 Å². The van der Waals surface area contributed by atoms with Crippen LogP contribution < -0.4 is 10.1 Å². The monoisotopic (exact) mass is 446 g/mol. The summed E-state index contributed by atoms with van der Waals surface area (Å²) in [6, 6.07) is 5.61. The van der Waals surface area contributed by atoms with E-state index in [4.69, 9.17) is 14.5 Å². The SMILES string of the molecule is CCC(C)c1cnc(OC2CC2)c2cnc(Nc3ccc4c(n3)C(C)(C)C(C)OC4=O)cc12. The molecule has 2 unspecified atom stereocenters. The minimum atomic E-state index is -0.387. The van der Waals surface area contributed by atoms with Crippen molar-refractivity contribution in [2.45, 2.75) is 77.4 Å². The minimum absolute atomic E-state index is 0.255. The standard InChI is InChI=1S/C26H30N4O3/c1-6-14(2)19-12-28-24(33-16-7-8-16)20-13-27-22(11-18(19)20)29-21-10-9-17-23(30-21)26(4,5)15(3)32-25(17)31/h9-16H,6-8H2,1-5H3,(H,27,29,30). The van der Waals surface area contributed by atoms with Gasteiger partial charge in [0.25, 0.3) is 0 Å². The molecule has 7 nitrogen and oxygen atoms in total. The summed E-state index contributed by atoms with van der Waals surface area (Å²) in [7, 11) is 0. The normalized spacial score (nSPS) is 20.2. The average molecular weight is 447 g/mol. The highest BCUT2D eigenvalue weighted by atomic mass is 16.5. The zero-order chi connectivity index (χ0) is 23.3. The summed E-state index contributed by atoms with van der Waals surface area (Å²) in [5.74, 6) is 2.02. The zero-order valence-corrected chi connectivity index (χ0v) is 19.8. The number of hydrogen-bond donors (Lipinski definition) is 1. The fourth-order valence-electron chi connectivity index (χ4n) is 4.13. The number of cyclic esters (lactones) is 1. The van der Waals surface area contributed by atoms with Crippen molar-refractivity contribution >= 4 is 28.4 Å². The van der Waals surface area contributed by atoms with E-state index in [9.17, 15) is 4.79 Å². The number of carbonyl (C=O) groups excluding carboxylic acids is 1. The molecule has 5 rings (SSSR count). The Balaban J connectivity index is 1.53. The topological polar surface area (TPSA) is 86.2 Å². The van der Waals surface area contributed by atoms with Crippen molar-refractivity contribution in [3.05, 3.63) is 47.4 Å². The van der Waals surface area contributed by atoms with Crippen LogP contribution in [0.15, 0.2) is 30.6 Å². The summed E-state index contributed by atoms with van der Waals surface area (Å²) in [6.45, 7) is 10.4. The van der Waals surface area contributed by atoms with Gasteiger partial charge in [-0.05, 0) is 61.3 Å². The third kappa shape index (κ3) is 3.90. The molecule has 0 saturated heterocycles. The van der Waals surface area contributed by atoms with Crippen LogP contribution >= 0.6 is 0 Å². The lowest BCUT2D eigenvalue weighted by atomic mass is 9.79. The number of ether oxygens (including phenoxy) is 2. The Kier molecular flexibility index (Phi) is 5.22. The molecular weight excluding hydrogens is 416 g/mol. The smallest absolute Gasteiger partial charge is 0.340 e. The molecule has 2 aliphatic rings. The maximum absolute atomic E-state index is 12.3. The molecule has 33 heavy (non-hydrogen) atoms. The van der Waals surface area contributed by atoms with E-state index >= 15 is 0 Å². The van der Waals surface area contributed by atoms with Gasteiger partial charge in [-0.25, -0.2) is 19.7 Å². The molecule has 1 aliphatic heterocycles. The van der Waals surface area contributed by atoms with Crippen LogP contribution in [-0.2, 0) is 10.2 Å². The molecule has 0 aromatic carbocycles. The van der Waals surface area contributed by atoms with Gasteiger partial charge in [0.1, 0.15) is 23.8 Å². The Morgan fingerprint density at radius 2 is 1.97 bits per heavy atom. The Labute approximate surface area is 194 Å². The van der Waals surface area contributed by atoms with Gasteiger partial charge in [0.15, 0.2) is 0 Å². The number of aromatic nitrogens is 3. The second-order valence-electron chi connectivity index (χ2n) is 9.75. The van der Waals surface area contributed by atoms with Gasteiger partial charge in [-0.3, -0.25) is 0 Å². The summed E-state index contributed by atoms with van der Waals surface area (Å²) in [5.41, 5.74) is 2.04. The molecule has 172 valence electrons. The second kappa shape index (κ2) is 7.97. The van der Waals surface area contributed by atoms with Gasteiger partial charge in [-0.1, -0.05) is 27.7 Å². The van der Waals surface area contributed by atoms with Crippen molar-refractivity contribution in [2.24, 2.45) is 0 Å². The van der Waals surface area contributed by atoms with Crippen LogP contribution in [0.25, 0.3) is 10.8 Å². The van der Waals surface area contributed by atoms with Crippen molar-refractivity contribution in [1.82, 2.24) is 15.0 Å². The quantitative estimate of drug-likeness (QED) is 0.489.